The van der Waals surface area contributed by atoms with Crippen molar-refractivity contribution in [3.63, 3.8) is 0 Å². The Hall–Kier alpha value is -0.830. The Balaban J connectivity index is 2.22. The maximum atomic E-state index is 11.8. The molecule has 0 spiro atoms. The molecule has 1 saturated heterocycles. The highest BCUT2D eigenvalue weighted by Gasteiger charge is 2.27. The molecule has 1 aliphatic heterocycles. The van der Waals surface area contributed by atoms with Crippen LogP contribution in [0.3, 0.4) is 0 Å². The largest absolute Gasteiger partial charge is 0.311 e. The van der Waals surface area contributed by atoms with Gasteiger partial charge in [-0.25, -0.2) is 0 Å². The predicted octanol–water partition coefficient (Wildman–Crippen LogP) is 2.58. The van der Waals surface area contributed by atoms with Gasteiger partial charge < -0.3 is 4.90 Å². The van der Waals surface area contributed by atoms with Crippen LogP contribution >= 0.6 is 15.9 Å². The molecule has 0 aliphatic carbocycles. The van der Waals surface area contributed by atoms with Crippen molar-refractivity contribution in [3.8, 4) is 0 Å². The van der Waals surface area contributed by atoms with Crippen LogP contribution in [-0.4, -0.2) is 17.3 Å². The van der Waals surface area contributed by atoms with Gasteiger partial charge in [0.05, 0.1) is 4.83 Å². The average Bonchev–Trinajstić information content (AvgIpc) is 2.23. The summed E-state index contributed by atoms with van der Waals surface area (Å²) in [5.41, 5.74) is 1.00. The van der Waals surface area contributed by atoms with Gasteiger partial charge in [0.15, 0.2) is 0 Å². The smallest absolute Gasteiger partial charge is 0.240 e. The molecule has 0 aromatic heterocycles. The molecule has 1 atom stereocenters. The number of carbonyl (C=O) groups excluding carboxylic acids is 1. The standard InChI is InChI=1S/C11H12BrNO/c12-10-7-4-8-13(11(10)14)9-5-2-1-3-6-9/h1-3,5-6,10H,4,7-8H2/t10-/m0/s1. The summed E-state index contributed by atoms with van der Waals surface area (Å²) in [7, 11) is 0. The van der Waals surface area contributed by atoms with Crippen LogP contribution in [0.4, 0.5) is 5.69 Å². The summed E-state index contributed by atoms with van der Waals surface area (Å²) in [5, 5.41) is 0. The second kappa shape index (κ2) is 4.13. The van der Waals surface area contributed by atoms with E-state index in [2.05, 4.69) is 15.9 Å². The first-order valence-electron chi connectivity index (χ1n) is 4.79. The number of halogens is 1. The maximum absolute atomic E-state index is 11.8. The van der Waals surface area contributed by atoms with Crippen LogP contribution in [0, 0.1) is 0 Å². The number of para-hydroxylation sites is 1. The Kier molecular flexibility index (Phi) is 2.87. The van der Waals surface area contributed by atoms with Crippen molar-refractivity contribution in [2.24, 2.45) is 0 Å². The van der Waals surface area contributed by atoms with Crippen LogP contribution in [-0.2, 0) is 4.79 Å². The molecule has 0 bridgehead atoms. The van der Waals surface area contributed by atoms with E-state index in [0.717, 1.165) is 25.1 Å². The van der Waals surface area contributed by atoms with E-state index in [0.29, 0.717) is 0 Å². The van der Waals surface area contributed by atoms with Crippen LogP contribution in [0.15, 0.2) is 30.3 Å². The first-order chi connectivity index (χ1) is 6.79. The number of hydrogen-bond acceptors (Lipinski definition) is 1. The second-order valence-electron chi connectivity index (χ2n) is 3.44. The fourth-order valence-electron chi connectivity index (χ4n) is 1.70. The molecule has 2 rings (SSSR count). The number of amides is 1. The van der Waals surface area contributed by atoms with Gasteiger partial charge in [-0.3, -0.25) is 4.79 Å². The Labute approximate surface area is 92.0 Å². The van der Waals surface area contributed by atoms with Gasteiger partial charge in [-0.2, -0.15) is 0 Å². The van der Waals surface area contributed by atoms with Crippen molar-refractivity contribution in [1.29, 1.82) is 0 Å². The number of anilines is 1. The van der Waals surface area contributed by atoms with E-state index in [9.17, 15) is 4.79 Å². The summed E-state index contributed by atoms with van der Waals surface area (Å²) in [6.45, 7) is 0.838. The van der Waals surface area contributed by atoms with Gasteiger partial charge in [0, 0.05) is 12.2 Å². The maximum Gasteiger partial charge on any atom is 0.240 e. The Bertz CT molecular complexity index is 325. The van der Waals surface area contributed by atoms with E-state index in [4.69, 9.17) is 0 Å². The molecular formula is C11H12BrNO. The molecule has 0 unspecified atom stereocenters. The Morgan fingerprint density at radius 2 is 2.00 bits per heavy atom. The van der Waals surface area contributed by atoms with E-state index >= 15 is 0 Å². The third-order valence-electron chi connectivity index (χ3n) is 2.44. The molecule has 0 N–H and O–H groups in total. The van der Waals surface area contributed by atoms with Gasteiger partial charge in [0.2, 0.25) is 5.91 Å². The first-order valence-corrected chi connectivity index (χ1v) is 5.71. The highest BCUT2D eigenvalue weighted by molar-refractivity contribution is 9.10. The molecule has 1 amide bonds. The zero-order valence-corrected chi connectivity index (χ0v) is 9.40. The molecule has 1 aromatic carbocycles. The van der Waals surface area contributed by atoms with E-state index in [1.54, 1.807) is 0 Å². The first kappa shape index (κ1) is 9.71. The average molecular weight is 254 g/mol. The second-order valence-corrected chi connectivity index (χ2v) is 4.54. The van der Waals surface area contributed by atoms with Gasteiger partial charge in [-0.15, -0.1) is 0 Å². The Morgan fingerprint density at radius 3 is 2.71 bits per heavy atom. The number of rotatable bonds is 1. The van der Waals surface area contributed by atoms with Crippen LogP contribution in [0.2, 0.25) is 0 Å². The van der Waals surface area contributed by atoms with Crippen LogP contribution in [0.25, 0.3) is 0 Å². The summed E-state index contributed by atoms with van der Waals surface area (Å²) < 4.78 is 0. The third-order valence-corrected chi connectivity index (χ3v) is 3.29. The van der Waals surface area contributed by atoms with Crippen LogP contribution in [0.5, 0.6) is 0 Å². The van der Waals surface area contributed by atoms with Crippen molar-refractivity contribution in [2.75, 3.05) is 11.4 Å². The highest BCUT2D eigenvalue weighted by atomic mass is 79.9. The number of alkyl halides is 1. The van der Waals surface area contributed by atoms with Crippen molar-refractivity contribution in [3.05, 3.63) is 30.3 Å². The van der Waals surface area contributed by atoms with E-state index in [-0.39, 0.29) is 10.7 Å². The summed E-state index contributed by atoms with van der Waals surface area (Å²) in [4.78, 5) is 13.7. The van der Waals surface area contributed by atoms with Gasteiger partial charge in [-0.1, -0.05) is 34.1 Å². The van der Waals surface area contributed by atoms with Crippen LogP contribution < -0.4 is 4.90 Å². The fraction of sp³-hybridized carbons (Fsp3) is 0.364. The molecule has 0 radical (unpaired) electrons. The van der Waals surface area contributed by atoms with Crippen LogP contribution in [0.1, 0.15) is 12.8 Å². The minimum absolute atomic E-state index is 0.00328. The topological polar surface area (TPSA) is 20.3 Å². The van der Waals surface area contributed by atoms with Gasteiger partial charge in [0.1, 0.15) is 0 Å². The lowest BCUT2D eigenvalue weighted by Gasteiger charge is -2.29. The van der Waals surface area contributed by atoms with Crippen molar-refractivity contribution < 1.29 is 4.79 Å². The monoisotopic (exact) mass is 253 g/mol. The number of nitrogens with zero attached hydrogens (tertiary/aromatic N) is 1. The predicted molar refractivity (Wildman–Crippen MR) is 60.7 cm³/mol. The number of carbonyl (C=O) groups is 1. The quantitative estimate of drug-likeness (QED) is 0.705. The van der Waals surface area contributed by atoms with E-state index < -0.39 is 0 Å². The summed E-state index contributed by atoms with van der Waals surface area (Å²) in [5.74, 6) is 0.183. The number of piperidine rings is 1. The molecule has 1 heterocycles. The third kappa shape index (κ3) is 1.82. The minimum atomic E-state index is -0.00328. The van der Waals surface area contributed by atoms with Gasteiger partial charge >= 0.3 is 0 Å². The SMILES string of the molecule is O=C1[C@@H](Br)CCCN1c1ccccc1. The molecule has 2 nitrogen and oxygen atoms in total. The zero-order chi connectivity index (χ0) is 9.97. The van der Waals surface area contributed by atoms with Crippen molar-refractivity contribution in [1.82, 2.24) is 0 Å². The lowest BCUT2D eigenvalue weighted by molar-refractivity contribution is -0.118. The zero-order valence-electron chi connectivity index (χ0n) is 7.82. The molecule has 1 aliphatic rings. The molecular weight excluding hydrogens is 242 g/mol. The summed E-state index contributed by atoms with van der Waals surface area (Å²) >= 11 is 3.40. The van der Waals surface area contributed by atoms with Gasteiger partial charge in [0.25, 0.3) is 0 Å². The van der Waals surface area contributed by atoms with E-state index in [1.807, 2.05) is 35.2 Å². The molecule has 1 fully saturated rings. The highest BCUT2D eigenvalue weighted by Crippen LogP contribution is 2.23. The molecule has 3 heteroatoms. The summed E-state index contributed by atoms with van der Waals surface area (Å²) in [6, 6.07) is 9.83. The number of hydrogen-bond donors (Lipinski definition) is 0. The molecule has 14 heavy (non-hydrogen) atoms. The van der Waals surface area contributed by atoms with Crippen molar-refractivity contribution in [2.45, 2.75) is 17.7 Å². The molecule has 0 saturated carbocycles. The lowest BCUT2D eigenvalue weighted by atomic mass is 10.1. The Morgan fingerprint density at radius 1 is 1.29 bits per heavy atom. The molecule has 74 valence electrons. The normalized spacial score (nSPS) is 22.5. The number of benzene rings is 1. The minimum Gasteiger partial charge on any atom is -0.311 e. The fourth-order valence-corrected chi connectivity index (χ4v) is 2.27. The van der Waals surface area contributed by atoms with Crippen molar-refractivity contribution >= 4 is 27.5 Å². The van der Waals surface area contributed by atoms with E-state index in [1.165, 1.54) is 0 Å². The lowest BCUT2D eigenvalue weighted by Crippen LogP contribution is -2.41. The molecule has 1 aromatic rings. The van der Waals surface area contributed by atoms with Gasteiger partial charge in [-0.05, 0) is 25.0 Å². The summed E-state index contributed by atoms with van der Waals surface area (Å²) in [6.07, 6.45) is 2.01.